The lowest BCUT2D eigenvalue weighted by Crippen LogP contribution is -2.39. The molecular formula is C20H21F4N7O. The molecule has 0 amide bonds. The number of halogens is 4. The fourth-order valence-corrected chi connectivity index (χ4v) is 3.37. The summed E-state index contributed by atoms with van der Waals surface area (Å²) in [5, 5.41) is 6.92. The first-order chi connectivity index (χ1) is 15.2. The molecule has 3 heterocycles. The number of ether oxygens (including phenoxy) is 1. The quantitative estimate of drug-likeness (QED) is 0.590. The Labute approximate surface area is 181 Å². The van der Waals surface area contributed by atoms with Gasteiger partial charge in [0.15, 0.2) is 0 Å². The maximum Gasteiger partial charge on any atom is 0.416 e. The van der Waals surface area contributed by atoms with Gasteiger partial charge in [-0.3, -0.25) is 0 Å². The van der Waals surface area contributed by atoms with Gasteiger partial charge >= 0.3 is 6.18 Å². The molecule has 32 heavy (non-hydrogen) atoms. The third-order valence-electron chi connectivity index (χ3n) is 5.08. The molecule has 3 aromatic rings. The molecule has 8 nitrogen and oxygen atoms in total. The van der Waals surface area contributed by atoms with Gasteiger partial charge in [0.1, 0.15) is 18.2 Å². The van der Waals surface area contributed by atoms with Crippen molar-refractivity contribution in [2.75, 3.05) is 23.3 Å². The SMILES string of the molecule is Cc1cc(OC2CCN(c3nc(Nc4cc(C(F)(F)F)ccc4F)n(C)n3)CC2)ncn1. The van der Waals surface area contributed by atoms with Gasteiger partial charge < -0.3 is 15.0 Å². The number of benzene rings is 1. The normalized spacial score (nSPS) is 15.1. The zero-order chi connectivity index (χ0) is 22.9. The van der Waals surface area contributed by atoms with E-state index in [1.165, 1.54) is 11.0 Å². The Bertz CT molecular complexity index is 1090. The van der Waals surface area contributed by atoms with E-state index in [1.54, 1.807) is 13.1 Å². The summed E-state index contributed by atoms with van der Waals surface area (Å²) in [7, 11) is 1.58. The van der Waals surface area contributed by atoms with Crippen LogP contribution in [0.4, 0.5) is 35.1 Å². The van der Waals surface area contributed by atoms with Gasteiger partial charge in [-0.25, -0.2) is 19.0 Å². The molecule has 12 heteroatoms. The molecule has 1 aromatic carbocycles. The first-order valence-electron chi connectivity index (χ1n) is 9.94. The number of rotatable bonds is 5. The molecular weight excluding hydrogens is 430 g/mol. The van der Waals surface area contributed by atoms with Crippen molar-refractivity contribution in [1.82, 2.24) is 24.7 Å². The number of nitrogens with one attached hydrogen (secondary N) is 1. The molecule has 4 rings (SSSR count). The van der Waals surface area contributed by atoms with Crippen molar-refractivity contribution in [3.05, 3.63) is 47.7 Å². The van der Waals surface area contributed by atoms with Gasteiger partial charge in [0.05, 0.1) is 11.3 Å². The zero-order valence-corrected chi connectivity index (χ0v) is 17.4. The molecule has 1 aliphatic heterocycles. The second-order valence-electron chi connectivity index (χ2n) is 7.48. The fraction of sp³-hybridized carbons (Fsp3) is 0.400. The summed E-state index contributed by atoms with van der Waals surface area (Å²) >= 11 is 0. The predicted octanol–water partition coefficient (Wildman–Crippen LogP) is 3.86. The Morgan fingerprint density at radius 1 is 1.12 bits per heavy atom. The molecule has 1 saturated heterocycles. The third-order valence-corrected chi connectivity index (χ3v) is 5.08. The maximum atomic E-state index is 14.1. The number of hydrogen-bond acceptors (Lipinski definition) is 7. The van der Waals surface area contributed by atoms with Crippen LogP contribution >= 0.6 is 0 Å². The molecule has 0 aliphatic carbocycles. The van der Waals surface area contributed by atoms with Crippen LogP contribution in [0.5, 0.6) is 5.88 Å². The summed E-state index contributed by atoms with van der Waals surface area (Å²) in [5.74, 6) is 0.244. The van der Waals surface area contributed by atoms with Crippen LogP contribution in [-0.4, -0.2) is 43.9 Å². The zero-order valence-electron chi connectivity index (χ0n) is 17.4. The lowest BCUT2D eigenvalue weighted by molar-refractivity contribution is -0.137. The van der Waals surface area contributed by atoms with Gasteiger partial charge in [-0.05, 0) is 25.1 Å². The predicted molar refractivity (Wildman–Crippen MR) is 108 cm³/mol. The molecule has 2 aromatic heterocycles. The number of aromatic nitrogens is 5. The summed E-state index contributed by atoms with van der Waals surface area (Å²) < 4.78 is 60.2. The van der Waals surface area contributed by atoms with E-state index in [-0.39, 0.29) is 17.7 Å². The molecule has 0 unspecified atom stereocenters. The number of nitrogens with zero attached hydrogens (tertiary/aromatic N) is 6. The number of alkyl halides is 3. The highest BCUT2D eigenvalue weighted by molar-refractivity contribution is 5.57. The summed E-state index contributed by atoms with van der Waals surface area (Å²) in [6, 6.07) is 3.95. The Hall–Kier alpha value is -3.44. The molecule has 170 valence electrons. The lowest BCUT2D eigenvalue weighted by Gasteiger charge is -2.31. The lowest BCUT2D eigenvalue weighted by atomic mass is 10.1. The van der Waals surface area contributed by atoms with Gasteiger partial charge in [-0.1, -0.05) is 0 Å². The monoisotopic (exact) mass is 451 g/mol. The topological polar surface area (TPSA) is 81.0 Å². The van der Waals surface area contributed by atoms with Crippen molar-refractivity contribution in [2.24, 2.45) is 7.05 Å². The molecule has 1 N–H and O–H groups in total. The fourth-order valence-electron chi connectivity index (χ4n) is 3.37. The van der Waals surface area contributed by atoms with E-state index in [0.29, 0.717) is 49.9 Å². The Balaban J connectivity index is 1.41. The van der Waals surface area contributed by atoms with Gasteiger partial charge in [-0.15, -0.1) is 5.10 Å². The average Bonchev–Trinajstić information content (AvgIpc) is 3.10. The first kappa shape index (κ1) is 21.8. The van der Waals surface area contributed by atoms with Crippen LogP contribution in [0.1, 0.15) is 24.1 Å². The van der Waals surface area contributed by atoms with Crippen LogP contribution in [-0.2, 0) is 13.2 Å². The van der Waals surface area contributed by atoms with Crippen LogP contribution in [0.25, 0.3) is 0 Å². The third kappa shape index (κ3) is 4.89. The van der Waals surface area contributed by atoms with Crippen LogP contribution in [0, 0.1) is 12.7 Å². The van der Waals surface area contributed by atoms with Gasteiger partial charge in [0.25, 0.3) is 0 Å². The smallest absolute Gasteiger partial charge is 0.416 e. The van der Waals surface area contributed by atoms with Crippen molar-refractivity contribution in [1.29, 1.82) is 0 Å². The van der Waals surface area contributed by atoms with Crippen LogP contribution in [0.3, 0.4) is 0 Å². The van der Waals surface area contributed by atoms with Crippen LogP contribution in [0.2, 0.25) is 0 Å². The van der Waals surface area contributed by atoms with Gasteiger partial charge in [-0.2, -0.15) is 18.2 Å². The molecule has 0 bridgehead atoms. The molecule has 1 aliphatic rings. The molecule has 0 atom stereocenters. The van der Waals surface area contributed by atoms with Crippen LogP contribution < -0.4 is 15.0 Å². The molecule has 0 spiro atoms. The second-order valence-corrected chi connectivity index (χ2v) is 7.48. The summed E-state index contributed by atoms with van der Waals surface area (Å²) in [6.45, 7) is 3.10. The minimum absolute atomic E-state index is 0.0129. The van der Waals surface area contributed by atoms with Crippen molar-refractivity contribution < 1.29 is 22.3 Å². The largest absolute Gasteiger partial charge is 0.474 e. The summed E-state index contributed by atoms with van der Waals surface area (Å²) in [4.78, 5) is 14.4. The van der Waals surface area contributed by atoms with E-state index in [9.17, 15) is 17.6 Å². The second kappa shape index (κ2) is 8.60. The van der Waals surface area contributed by atoms with Gasteiger partial charge in [0.2, 0.25) is 17.8 Å². The minimum Gasteiger partial charge on any atom is -0.474 e. The summed E-state index contributed by atoms with van der Waals surface area (Å²) in [5.41, 5.74) is -0.457. The van der Waals surface area contributed by atoms with E-state index < -0.39 is 17.6 Å². The Kier molecular flexibility index (Phi) is 5.85. The Morgan fingerprint density at radius 3 is 2.56 bits per heavy atom. The molecule has 1 fully saturated rings. The van der Waals surface area contributed by atoms with Crippen molar-refractivity contribution in [3.8, 4) is 5.88 Å². The average molecular weight is 451 g/mol. The highest BCUT2D eigenvalue weighted by atomic mass is 19.4. The van der Waals surface area contributed by atoms with Crippen LogP contribution in [0.15, 0.2) is 30.6 Å². The van der Waals surface area contributed by atoms with E-state index in [0.717, 1.165) is 11.8 Å². The van der Waals surface area contributed by atoms with Crippen molar-refractivity contribution in [3.63, 3.8) is 0 Å². The summed E-state index contributed by atoms with van der Waals surface area (Å²) in [6.07, 6.45) is -1.70. The number of piperidine rings is 1. The standard InChI is InChI=1S/C20H21F4N7O/c1-12-9-17(26-11-25-12)32-14-5-7-31(8-6-14)19-28-18(30(2)29-19)27-16-10-13(20(22,23)24)3-4-15(16)21/h3-4,9-11,14H,5-8H2,1-2H3,(H,27,28,29). The van der Waals surface area contributed by atoms with Crippen molar-refractivity contribution in [2.45, 2.75) is 32.0 Å². The minimum atomic E-state index is -4.58. The van der Waals surface area contributed by atoms with E-state index in [2.05, 4.69) is 25.4 Å². The molecule has 0 radical (unpaired) electrons. The number of anilines is 3. The number of aryl methyl sites for hydroxylation is 2. The highest BCUT2D eigenvalue weighted by Crippen LogP contribution is 2.33. The first-order valence-corrected chi connectivity index (χ1v) is 9.94. The maximum absolute atomic E-state index is 14.1. The van der Waals surface area contributed by atoms with E-state index in [1.807, 2.05) is 11.8 Å². The van der Waals surface area contributed by atoms with Gasteiger partial charge in [0, 0.05) is 44.7 Å². The van der Waals surface area contributed by atoms with E-state index >= 15 is 0 Å². The Morgan fingerprint density at radius 2 is 1.88 bits per heavy atom. The van der Waals surface area contributed by atoms with Crippen molar-refractivity contribution >= 4 is 17.6 Å². The highest BCUT2D eigenvalue weighted by Gasteiger charge is 2.31. The number of hydrogen-bond donors (Lipinski definition) is 1. The van der Waals surface area contributed by atoms with E-state index in [4.69, 9.17) is 4.74 Å². The molecule has 0 saturated carbocycles.